The molecule has 6 heteroatoms. The summed E-state index contributed by atoms with van der Waals surface area (Å²) in [6, 6.07) is 0. The highest BCUT2D eigenvalue weighted by atomic mass is 16.4. The molecule has 0 aromatic carbocycles. The molecule has 6 nitrogen and oxygen atoms in total. The van der Waals surface area contributed by atoms with Crippen LogP contribution in [0, 0.1) is 0 Å². The topological polar surface area (TPSA) is 80.4 Å². The molecule has 0 radical (unpaired) electrons. The first-order valence-electron chi connectivity index (χ1n) is 3.62. The van der Waals surface area contributed by atoms with Crippen LogP contribution in [0.25, 0.3) is 5.65 Å². The van der Waals surface area contributed by atoms with Crippen LogP contribution in [0.2, 0.25) is 0 Å². The Bertz CT molecular complexity index is 450. The van der Waals surface area contributed by atoms with E-state index in [4.69, 9.17) is 5.11 Å². The normalized spacial score (nSPS) is 10.5. The molecule has 0 saturated heterocycles. The minimum Gasteiger partial charge on any atom is -0.481 e. The highest BCUT2D eigenvalue weighted by molar-refractivity contribution is 5.69. The monoisotopic (exact) mass is 178 g/mol. The summed E-state index contributed by atoms with van der Waals surface area (Å²) in [5, 5.41) is 12.4. The zero-order valence-corrected chi connectivity index (χ0v) is 6.58. The van der Waals surface area contributed by atoms with Crippen LogP contribution >= 0.6 is 0 Å². The van der Waals surface area contributed by atoms with Crippen molar-refractivity contribution in [1.29, 1.82) is 0 Å². The largest absolute Gasteiger partial charge is 0.481 e. The molecule has 0 fully saturated rings. The molecule has 66 valence electrons. The average Bonchev–Trinajstić information content (AvgIpc) is 2.51. The first-order chi connectivity index (χ1) is 6.27. The van der Waals surface area contributed by atoms with E-state index in [0.717, 1.165) is 0 Å². The first-order valence-corrected chi connectivity index (χ1v) is 3.62. The maximum atomic E-state index is 10.4. The first kappa shape index (κ1) is 7.66. The van der Waals surface area contributed by atoms with Gasteiger partial charge in [0.15, 0.2) is 5.65 Å². The molecule has 2 aromatic rings. The zero-order chi connectivity index (χ0) is 9.26. The lowest BCUT2D eigenvalue weighted by Crippen LogP contribution is -2.06. The fourth-order valence-electron chi connectivity index (χ4n) is 1.08. The second-order valence-electron chi connectivity index (χ2n) is 2.50. The molecule has 0 bridgehead atoms. The Labute approximate surface area is 72.9 Å². The zero-order valence-electron chi connectivity index (χ0n) is 6.58. The van der Waals surface area contributed by atoms with E-state index >= 15 is 0 Å². The van der Waals surface area contributed by atoms with Crippen LogP contribution < -0.4 is 0 Å². The minimum atomic E-state index is -0.912. The minimum absolute atomic E-state index is 0.103. The van der Waals surface area contributed by atoms with Crippen LogP contribution in [-0.2, 0) is 11.2 Å². The Kier molecular flexibility index (Phi) is 1.66. The third-order valence-electron chi connectivity index (χ3n) is 1.59. The third kappa shape index (κ3) is 1.33. The molecular formula is C7H6N4O2. The van der Waals surface area contributed by atoms with Gasteiger partial charge in [-0.05, 0) is 0 Å². The maximum Gasteiger partial charge on any atom is 0.309 e. The lowest BCUT2D eigenvalue weighted by Gasteiger charge is -1.98. The lowest BCUT2D eigenvalue weighted by molar-refractivity contribution is -0.136. The van der Waals surface area contributed by atoms with Gasteiger partial charge in [0.25, 0.3) is 0 Å². The Morgan fingerprint density at radius 1 is 1.54 bits per heavy atom. The number of carboxylic acids is 1. The number of hydrogen-bond acceptors (Lipinski definition) is 4. The third-order valence-corrected chi connectivity index (χ3v) is 1.59. The van der Waals surface area contributed by atoms with Gasteiger partial charge in [-0.1, -0.05) is 0 Å². The molecule has 0 atom stereocenters. The maximum absolute atomic E-state index is 10.4. The molecule has 0 amide bonds. The Morgan fingerprint density at radius 2 is 2.38 bits per heavy atom. The predicted octanol–water partition coefficient (Wildman–Crippen LogP) is -0.249. The molecule has 0 aliphatic carbocycles. The van der Waals surface area contributed by atoms with Crippen LogP contribution in [0.5, 0.6) is 0 Å². The van der Waals surface area contributed by atoms with Gasteiger partial charge in [-0.2, -0.15) is 5.10 Å². The fraction of sp³-hybridized carbons (Fsp3) is 0.143. The molecule has 2 aromatic heterocycles. The van der Waals surface area contributed by atoms with Crippen molar-refractivity contribution in [2.45, 2.75) is 6.42 Å². The summed E-state index contributed by atoms with van der Waals surface area (Å²) < 4.78 is 1.46. The lowest BCUT2D eigenvalue weighted by atomic mass is 10.3. The molecule has 1 N–H and O–H groups in total. The van der Waals surface area contributed by atoms with Gasteiger partial charge in [0, 0.05) is 6.20 Å². The predicted molar refractivity (Wildman–Crippen MR) is 42.1 cm³/mol. The molecule has 0 aliphatic rings. The van der Waals surface area contributed by atoms with Gasteiger partial charge in [0.1, 0.15) is 6.33 Å². The summed E-state index contributed by atoms with van der Waals surface area (Å²) in [7, 11) is 0. The summed E-state index contributed by atoms with van der Waals surface area (Å²) in [6.07, 6.45) is 4.25. The SMILES string of the molecule is O=C(O)Cc1cncc2ncnn12. The molecule has 0 spiro atoms. The highest BCUT2D eigenvalue weighted by Crippen LogP contribution is 2.01. The van der Waals surface area contributed by atoms with Crippen molar-refractivity contribution in [2.75, 3.05) is 0 Å². The number of nitrogens with zero attached hydrogens (tertiary/aromatic N) is 4. The van der Waals surface area contributed by atoms with Crippen molar-refractivity contribution in [2.24, 2.45) is 0 Å². The Morgan fingerprint density at radius 3 is 3.15 bits per heavy atom. The van der Waals surface area contributed by atoms with E-state index in [2.05, 4.69) is 15.1 Å². The second-order valence-corrected chi connectivity index (χ2v) is 2.50. The van der Waals surface area contributed by atoms with Crippen LogP contribution in [-0.4, -0.2) is 30.7 Å². The number of hydrogen-bond donors (Lipinski definition) is 1. The highest BCUT2D eigenvalue weighted by Gasteiger charge is 2.06. The molecule has 2 rings (SSSR count). The van der Waals surface area contributed by atoms with Gasteiger partial charge in [-0.25, -0.2) is 9.50 Å². The number of carbonyl (C=O) groups is 1. The summed E-state index contributed by atoms with van der Waals surface area (Å²) in [6.45, 7) is 0. The van der Waals surface area contributed by atoms with E-state index in [1.54, 1.807) is 0 Å². The smallest absolute Gasteiger partial charge is 0.309 e. The van der Waals surface area contributed by atoms with E-state index in [9.17, 15) is 4.79 Å². The van der Waals surface area contributed by atoms with Gasteiger partial charge < -0.3 is 5.11 Å². The van der Waals surface area contributed by atoms with E-state index in [1.807, 2.05) is 0 Å². The van der Waals surface area contributed by atoms with Crippen LogP contribution in [0.15, 0.2) is 18.7 Å². The summed E-state index contributed by atoms with van der Waals surface area (Å²) in [4.78, 5) is 18.2. The molecule has 0 saturated carbocycles. The van der Waals surface area contributed by atoms with E-state index in [-0.39, 0.29) is 6.42 Å². The van der Waals surface area contributed by atoms with Crippen LogP contribution in [0.4, 0.5) is 0 Å². The number of rotatable bonds is 2. The summed E-state index contributed by atoms with van der Waals surface area (Å²) in [5.41, 5.74) is 1.07. The number of fused-ring (bicyclic) bond motifs is 1. The van der Waals surface area contributed by atoms with Crippen molar-refractivity contribution in [3.05, 3.63) is 24.4 Å². The standard InChI is InChI=1S/C7H6N4O2/c12-7(13)1-5-2-8-3-6-9-4-10-11(5)6/h2-4H,1H2,(H,12,13). The number of aliphatic carboxylic acids is 1. The van der Waals surface area contributed by atoms with Gasteiger partial charge >= 0.3 is 5.97 Å². The molecule has 2 heterocycles. The second kappa shape index (κ2) is 2.81. The van der Waals surface area contributed by atoms with E-state index in [0.29, 0.717) is 11.3 Å². The number of aromatic nitrogens is 4. The summed E-state index contributed by atoms with van der Waals surface area (Å²) in [5.74, 6) is -0.912. The van der Waals surface area contributed by atoms with Gasteiger partial charge in [0.2, 0.25) is 0 Å². The summed E-state index contributed by atoms with van der Waals surface area (Å²) >= 11 is 0. The van der Waals surface area contributed by atoms with Crippen molar-refractivity contribution in [3.8, 4) is 0 Å². The molecule has 0 aliphatic heterocycles. The Hall–Kier alpha value is -1.98. The van der Waals surface area contributed by atoms with Crippen LogP contribution in [0.3, 0.4) is 0 Å². The molecule has 13 heavy (non-hydrogen) atoms. The number of carboxylic acid groups (broad SMARTS) is 1. The van der Waals surface area contributed by atoms with E-state index < -0.39 is 5.97 Å². The molecule has 0 unspecified atom stereocenters. The van der Waals surface area contributed by atoms with E-state index in [1.165, 1.54) is 23.2 Å². The fourth-order valence-corrected chi connectivity index (χ4v) is 1.08. The van der Waals surface area contributed by atoms with Gasteiger partial charge in [-0.15, -0.1) is 0 Å². The van der Waals surface area contributed by atoms with Crippen molar-refractivity contribution in [3.63, 3.8) is 0 Å². The average molecular weight is 178 g/mol. The van der Waals surface area contributed by atoms with Crippen molar-refractivity contribution >= 4 is 11.6 Å². The molecular weight excluding hydrogens is 172 g/mol. The quantitative estimate of drug-likeness (QED) is 0.685. The van der Waals surface area contributed by atoms with Crippen molar-refractivity contribution in [1.82, 2.24) is 19.6 Å². The van der Waals surface area contributed by atoms with Gasteiger partial charge in [-0.3, -0.25) is 9.78 Å². The Balaban J connectivity index is 2.54. The van der Waals surface area contributed by atoms with Crippen molar-refractivity contribution < 1.29 is 9.90 Å². The van der Waals surface area contributed by atoms with Gasteiger partial charge in [0.05, 0.1) is 18.3 Å². The van der Waals surface area contributed by atoms with Crippen LogP contribution in [0.1, 0.15) is 5.69 Å².